The molecule has 4 aliphatic carbocycles. The molecule has 272 valence electrons. The van der Waals surface area contributed by atoms with Crippen molar-refractivity contribution in [2.45, 2.75) is 180 Å². The van der Waals surface area contributed by atoms with Crippen molar-refractivity contribution in [3.63, 3.8) is 0 Å². The van der Waals surface area contributed by atoms with E-state index in [1.165, 1.54) is 13.8 Å². The highest BCUT2D eigenvalue weighted by molar-refractivity contribution is 5.88. The van der Waals surface area contributed by atoms with Gasteiger partial charge in [-0.25, -0.2) is 9.59 Å². The Morgan fingerprint density at radius 2 is 1.28 bits per heavy atom. The summed E-state index contributed by atoms with van der Waals surface area (Å²) < 4.78 is 67.2. The van der Waals surface area contributed by atoms with Crippen LogP contribution < -0.4 is 0 Å². The number of halogens is 3. The van der Waals surface area contributed by atoms with Crippen molar-refractivity contribution in [3.05, 3.63) is 12.2 Å². The first kappa shape index (κ1) is 39.7. The predicted octanol–water partition coefficient (Wildman–Crippen LogP) is 7.37. The predicted molar refractivity (Wildman–Crippen MR) is 171 cm³/mol. The first-order valence-corrected chi connectivity index (χ1v) is 17.3. The molecule has 4 fully saturated rings. The maximum absolute atomic E-state index is 14.1. The molecule has 11 heteroatoms. The topological polar surface area (TPSA) is 112 Å². The van der Waals surface area contributed by atoms with Gasteiger partial charge in [-0.1, -0.05) is 34.3 Å². The number of carbonyl (C=O) groups excluding carboxylic acids is 2. The molecule has 4 rings (SSSR count). The summed E-state index contributed by atoms with van der Waals surface area (Å²) in [4.78, 5) is 25.5. The molecule has 0 aliphatic heterocycles. The van der Waals surface area contributed by atoms with E-state index in [0.29, 0.717) is 57.8 Å². The minimum Gasteiger partial charge on any atom is -0.456 e. The second kappa shape index (κ2) is 13.2. The Kier molecular flexibility index (Phi) is 11.2. The van der Waals surface area contributed by atoms with Gasteiger partial charge in [0.1, 0.15) is 5.60 Å². The monoisotopic (exact) mass is 676 g/mol. The molecule has 0 heterocycles. The number of alkyl halides is 3. The Morgan fingerprint density at radius 3 is 1.66 bits per heavy atom. The van der Waals surface area contributed by atoms with Gasteiger partial charge >= 0.3 is 18.1 Å². The molecule has 2 N–H and O–H groups in total. The van der Waals surface area contributed by atoms with E-state index in [-0.39, 0.29) is 11.5 Å². The Hall–Kier alpha value is -1.69. The standard InChI is InChI=1S/C36H59F3O8/c1-12-34(13-2,45-24(7)29(9,10)42)31-16-26-17-32(20-31,35(14-3,15-4)46-25(8)30(11,43)36(37,38)39)22-33(18-26,21-31)47-27(40)19-44-28(41)23(5)6/h24-26,42-43H,5,12-22H2,1-4,6-11H3. The van der Waals surface area contributed by atoms with Crippen LogP contribution in [0.2, 0.25) is 0 Å². The van der Waals surface area contributed by atoms with Crippen molar-refractivity contribution in [3.8, 4) is 0 Å². The molecule has 47 heavy (non-hydrogen) atoms. The SMILES string of the molecule is C=C(C)C(=O)OCC(=O)OC12CC3CC(C(CC)(CC)OC(C)C(C)(C)O)(C1)CC(C(CC)(CC)OC(C)C(C)(O)C(F)(F)F)(C3)C2. The number of ether oxygens (including phenoxy) is 4. The van der Waals surface area contributed by atoms with Crippen molar-refractivity contribution in [2.24, 2.45) is 16.7 Å². The molecule has 4 saturated carbocycles. The van der Waals surface area contributed by atoms with Gasteiger partial charge in [-0.3, -0.25) is 0 Å². The molecule has 0 radical (unpaired) electrons. The molecular weight excluding hydrogens is 617 g/mol. The highest BCUT2D eigenvalue weighted by atomic mass is 19.4. The summed E-state index contributed by atoms with van der Waals surface area (Å²) in [5, 5.41) is 21.6. The normalized spacial score (nSPS) is 30.4. The molecule has 0 aromatic heterocycles. The van der Waals surface area contributed by atoms with Crippen LogP contribution in [-0.4, -0.2) is 75.1 Å². The van der Waals surface area contributed by atoms with Gasteiger partial charge in [0.05, 0.1) is 29.0 Å². The number of carbonyl (C=O) groups is 2. The van der Waals surface area contributed by atoms with Crippen molar-refractivity contribution < 1.29 is 51.9 Å². The molecule has 0 spiro atoms. The highest BCUT2D eigenvalue weighted by Crippen LogP contribution is 2.75. The molecule has 4 aliphatic rings. The lowest BCUT2D eigenvalue weighted by molar-refractivity contribution is -0.344. The second-order valence-corrected chi connectivity index (χ2v) is 15.8. The zero-order chi connectivity index (χ0) is 36.1. The number of hydrogen-bond acceptors (Lipinski definition) is 8. The van der Waals surface area contributed by atoms with Crippen molar-refractivity contribution in [1.29, 1.82) is 0 Å². The lowest BCUT2D eigenvalue weighted by Crippen LogP contribution is -2.73. The molecule has 8 nitrogen and oxygen atoms in total. The maximum atomic E-state index is 14.1. The van der Waals surface area contributed by atoms with Crippen LogP contribution in [-0.2, 0) is 28.5 Å². The first-order chi connectivity index (χ1) is 21.4. The van der Waals surface area contributed by atoms with Crippen molar-refractivity contribution in [1.82, 2.24) is 0 Å². The molecule has 7 unspecified atom stereocenters. The van der Waals surface area contributed by atoms with E-state index in [1.807, 2.05) is 34.6 Å². The van der Waals surface area contributed by atoms with E-state index >= 15 is 0 Å². The van der Waals surface area contributed by atoms with Crippen LogP contribution in [0.3, 0.4) is 0 Å². The van der Waals surface area contributed by atoms with Gasteiger partial charge < -0.3 is 29.2 Å². The Balaban J connectivity index is 2.20. The van der Waals surface area contributed by atoms with Crippen LogP contribution in [0.4, 0.5) is 13.2 Å². The van der Waals surface area contributed by atoms with Gasteiger partial charge in [0.2, 0.25) is 0 Å². The third-order valence-corrected chi connectivity index (χ3v) is 12.4. The van der Waals surface area contributed by atoms with E-state index in [0.717, 1.165) is 13.3 Å². The van der Waals surface area contributed by atoms with E-state index < -0.39 is 75.8 Å². The molecule has 0 saturated heterocycles. The quantitative estimate of drug-likeness (QED) is 0.129. The fraction of sp³-hybridized carbons (Fsp3) is 0.889. The van der Waals surface area contributed by atoms with Gasteiger partial charge in [0.15, 0.2) is 12.2 Å². The average molecular weight is 677 g/mol. The number of rotatable bonds is 16. The van der Waals surface area contributed by atoms with E-state index in [4.69, 9.17) is 18.9 Å². The summed E-state index contributed by atoms with van der Waals surface area (Å²) >= 11 is 0. The van der Waals surface area contributed by atoms with Crippen LogP contribution in [0.25, 0.3) is 0 Å². The molecule has 4 bridgehead atoms. The molecule has 7 atom stereocenters. The lowest BCUT2D eigenvalue weighted by Gasteiger charge is -2.73. The number of hydrogen-bond donors (Lipinski definition) is 2. The minimum atomic E-state index is -4.92. The van der Waals surface area contributed by atoms with E-state index in [9.17, 15) is 33.0 Å². The summed E-state index contributed by atoms with van der Waals surface area (Å²) in [6.07, 6.45) is -1.77. The smallest absolute Gasteiger partial charge is 0.419 e. The summed E-state index contributed by atoms with van der Waals surface area (Å²) in [6.45, 7) is 19.6. The fourth-order valence-electron chi connectivity index (χ4n) is 9.75. The van der Waals surface area contributed by atoms with Gasteiger partial charge in [0, 0.05) is 16.4 Å². The molecule has 0 amide bonds. The largest absolute Gasteiger partial charge is 0.456 e. The molecule has 0 aromatic rings. The van der Waals surface area contributed by atoms with E-state index in [1.54, 1.807) is 13.8 Å². The third kappa shape index (κ3) is 7.02. The fourth-order valence-corrected chi connectivity index (χ4v) is 9.75. The molecule has 0 aromatic carbocycles. The Bertz CT molecular complexity index is 1170. The van der Waals surface area contributed by atoms with Crippen LogP contribution >= 0.6 is 0 Å². The number of esters is 2. The zero-order valence-corrected chi connectivity index (χ0v) is 30.2. The van der Waals surface area contributed by atoms with Gasteiger partial charge in [-0.15, -0.1) is 0 Å². The summed E-state index contributed by atoms with van der Waals surface area (Å²) in [5.74, 6) is -1.38. The van der Waals surface area contributed by atoms with Crippen molar-refractivity contribution in [2.75, 3.05) is 6.61 Å². The maximum Gasteiger partial charge on any atom is 0.419 e. The Labute approximate surface area is 279 Å². The van der Waals surface area contributed by atoms with Crippen LogP contribution in [0.15, 0.2) is 12.2 Å². The van der Waals surface area contributed by atoms with Gasteiger partial charge in [-0.2, -0.15) is 13.2 Å². The summed E-state index contributed by atoms with van der Waals surface area (Å²) in [7, 11) is 0. The first-order valence-electron chi connectivity index (χ1n) is 17.3. The third-order valence-electron chi connectivity index (χ3n) is 12.4. The minimum absolute atomic E-state index is 0.0371. The van der Waals surface area contributed by atoms with Gasteiger partial charge in [0.25, 0.3) is 0 Å². The Morgan fingerprint density at radius 1 is 0.830 bits per heavy atom. The van der Waals surface area contributed by atoms with Crippen LogP contribution in [0.5, 0.6) is 0 Å². The second-order valence-electron chi connectivity index (χ2n) is 15.8. The highest BCUT2D eigenvalue weighted by Gasteiger charge is 2.74. The summed E-state index contributed by atoms with van der Waals surface area (Å²) in [6, 6.07) is 0. The van der Waals surface area contributed by atoms with E-state index in [2.05, 4.69) is 6.58 Å². The zero-order valence-electron chi connectivity index (χ0n) is 30.2. The molecular formula is C36H59F3O8. The van der Waals surface area contributed by atoms with Gasteiger partial charge in [-0.05, 0) is 112 Å². The van der Waals surface area contributed by atoms with Crippen LogP contribution in [0.1, 0.15) is 133 Å². The average Bonchev–Trinajstić information content (AvgIpc) is 2.94. The summed E-state index contributed by atoms with van der Waals surface area (Å²) in [5.41, 5.74) is -8.31. The van der Waals surface area contributed by atoms with Crippen LogP contribution in [0, 0.1) is 16.7 Å². The van der Waals surface area contributed by atoms with Crippen molar-refractivity contribution >= 4 is 11.9 Å². The lowest BCUT2D eigenvalue weighted by atomic mass is 9.36. The number of aliphatic hydroxyl groups is 2.